The summed E-state index contributed by atoms with van der Waals surface area (Å²) in [4.78, 5) is 22.6. The third-order valence-electron chi connectivity index (χ3n) is 1.90. The predicted molar refractivity (Wildman–Crippen MR) is 51.1 cm³/mol. The molecule has 1 rings (SSSR count). The molecule has 5 nitrogen and oxygen atoms in total. The molecule has 0 saturated carbocycles. The Balaban J connectivity index is 3.26. The van der Waals surface area contributed by atoms with Gasteiger partial charge in [-0.05, 0) is 20.8 Å². The van der Waals surface area contributed by atoms with Gasteiger partial charge in [0.15, 0.2) is 5.78 Å². The highest BCUT2D eigenvalue weighted by Gasteiger charge is 2.27. The summed E-state index contributed by atoms with van der Waals surface area (Å²) in [5.74, 6) is -1.46. The topological polar surface area (TPSA) is 76.7 Å². The minimum absolute atomic E-state index is 0.00171. The van der Waals surface area contributed by atoms with Crippen LogP contribution in [0.3, 0.4) is 0 Å². The summed E-state index contributed by atoms with van der Waals surface area (Å²) in [7, 11) is 0. The van der Waals surface area contributed by atoms with Gasteiger partial charge in [0.05, 0.1) is 6.61 Å². The second kappa shape index (κ2) is 4.16. The van der Waals surface area contributed by atoms with Gasteiger partial charge in [0.2, 0.25) is 0 Å². The summed E-state index contributed by atoms with van der Waals surface area (Å²) in [5, 5.41) is 9.30. The summed E-state index contributed by atoms with van der Waals surface area (Å²) in [6.07, 6.45) is 0. The minimum atomic E-state index is -0.663. The molecule has 0 bridgehead atoms. The first-order valence-corrected chi connectivity index (χ1v) is 4.49. The van der Waals surface area contributed by atoms with Crippen LogP contribution in [0.2, 0.25) is 0 Å². The van der Waals surface area contributed by atoms with Gasteiger partial charge >= 0.3 is 5.97 Å². The van der Waals surface area contributed by atoms with Crippen molar-refractivity contribution in [3.8, 4) is 5.95 Å². The molecule has 0 aliphatic carbocycles. The molecule has 5 heteroatoms. The van der Waals surface area contributed by atoms with E-state index in [-0.39, 0.29) is 23.5 Å². The summed E-state index contributed by atoms with van der Waals surface area (Å²) >= 11 is 0. The highest BCUT2D eigenvalue weighted by molar-refractivity contribution is 6.07. The van der Waals surface area contributed by atoms with E-state index in [1.165, 1.54) is 13.8 Å². The molecule has 0 aliphatic heterocycles. The molecule has 0 amide bonds. The summed E-state index contributed by atoms with van der Waals surface area (Å²) in [6, 6.07) is 0. The van der Waals surface area contributed by atoms with Gasteiger partial charge in [-0.15, -0.1) is 0 Å². The Kier molecular flexibility index (Phi) is 3.14. The molecule has 0 aliphatic rings. The average Bonchev–Trinajstić information content (AvgIpc) is 2.41. The van der Waals surface area contributed by atoms with E-state index >= 15 is 0 Å². The lowest BCUT2D eigenvalue weighted by Crippen LogP contribution is -2.09. The van der Waals surface area contributed by atoms with Crippen molar-refractivity contribution in [2.75, 3.05) is 6.61 Å². The van der Waals surface area contributed by atoms with Gasteiger partial charge in [-0.2, -0.15) is 0 Å². The molecule has 0 unspecified atom stereocenters. The summed E-state index contributed by atoms with van der Waals surface area (Å²) < 4.78 is 9.56. The Labute approximate surface area is 86.6 Å². The normalized spacial score (nSPS) is 10.1. The van der Waals surface area contributed by atoms with E-state index in [1.54, 1.807) is 6.92 Å². The van der Waals surface area contributed by atoms with Gasteiger partial charge in [-0.25, -0.2) is 4.79 Å². The molecule has 0 aromatic carbocycles. The number of Topliss-reactive ketones (excluding diaryl/α,β-unsaturated/α-hetero) is 1. The zero-order valence-electron chi connectivity index (χ0n) is 8.79. The molecule has 0 atom stereocenters. The van der Waals surface area contributed by atoms with Gasteiger partial charge in [-0.1, -0.05) is 0 Å². The molecule has 0 radical (unpaired) electrons. The van der Waals surface area contributed by atoms with Crippen molar-refractivity contribution in [1.29, 1.82) is 0 Å². The van der Waals surface area contributed by atoms with Gasteiger partial charge in [0.25, 0.3) is 5.95 Å². The lowest BCUT2D eigenvalue weighted by atomic mass is 10.1. The van der Waals surface area contributed by atoms with E-state index < -0.39 is 17.7 Å². The lowest BCUT2D eigenvalue weighted by Gasteiger charge is -2.00. The first kappa shape index (κ1) is 11.3. The molecule has 82 valence electrons. The van der Waals surface area contributed by atoms with Crippen LogP contribution in [0.5, 0.6) is 5.95 Å². The first-order chi connectivity index (χ1) is 6.99. The highest BCUT2D eigenvalue weighted by atomic mass is 16.5. The monoisotopic (exact) mass is 212 g/mol. The number of aryl methyl sites for hydroxylation is 1. The number of aromatic hydroxyl groups is 1. The number of hydrogen-bond acceptors (Lipinski definition) is 5. The van der Waals surface area contributed by atoms with Crippen molar-refractivity contribution >= 4 is 11.8 Å². The molecule has 0 saturated heterocycles. The van der Waals surface area contributed by atoms with Crippen LogP contribution in [-0.2, 0) is 4.74 Å². The standard InChI is InChI=1S/C10H12O5/c1-4-14-9(12)8-6(3)15-10(13)7(8)5(2)11/h13H,4H2,1-3H3. The Morgan fingerprint density at radius 1 is 1.40 bits per heavy atom. The van der Waals surface area contributed by atoms with E-state index in [4.69, 9.17) is 9.15 Å². The van der Waals surface area contributed by atoms with Gasteiger partial charge in [0.1, 0.15) is 16.9 Å². The van der Waals surface area contributed by atoms with E-state index in [0.29, 0.717) is 0 Å². The number of hydrogen-bond donors (Lipinski definition) is 1. The Morgan fingerprint density at radius 2 is 2.00 bits per heavy atom. The SMILES string of the molecule is CCOC(=O)c1c(C)oc(O)c1C(C)=O. The largest absolute Gasteiger partial charge is 0.480 e. The number of ether oxygens (including phenoxy) is 1. The fraction of sp³-hybridized carbons (Fsp3) is 0.400. The van der Waals surface area contributed by atoms with Crippen LogP contribution >= 0.6 is 0 Å². The number of furan rings is 1. The smallest absolute Gasteiger partial charge is 0.342 e. The number of esters is 1. The molecule has 1 heterocycles. The van der Waals surface area contributed by atoms with Crippen molar-refractivity contribution in [1.82, 2.24) is 0 Å². The van der Waals surface area contributed by atoms with Crippen LogP contribution < -0.4 is 0 Å². The van der Waals surface area contributed by atoms with Crippen LogP contribution in [0.25, 0.3) is 0 Å². The van der Waals surface area contributed by atoms with Crippen LogP contribution in [0.1, 0.15) is 40.3 Å². The quantitative estimate of drug-likeness (QED) is 0.609. The van der Waals surface area contributed by atoms with E-state index in [1.807, 2.05) is 0 Å². The molecule has 1 aromatic heterocycles. The van der Waals surface area contributed by atoms with Gasteiger partial charge < -0.3 is 14.3 Å². The second-order valence-corrected chi connectivity index (χ2v) is 2.99. The summed E-state index contributed by atoms with van der Waals surface area (Å²) in [5.41, 5.74) is -0.118. The van der Waals surface area contributed by atoms with Gasteiger partial charge in [-0.3, -0.25) is 4.79 Å². The van der Waals surface area contributed by atoms with E-state index in [9.17, 15) is 14.7 Å². The maximum absolute atomic E-state index is 11.5. The Bertz CT molecular complexity index is 402. The number of carbonyl (C=O) groups is 2. The maximum Gasteiger partial charge on any atom is 0.342 e. The van der Waals surface area contributed by atoms with Crippen molar-refractivity contribution in [3.63, 3.8) is 0 Å². The zero-order valence-corrected chi connectivity index (χ0v) is 8.79. The van der Waals surface area contributed by atoms with Gasteiger partial charge in [0, 0.05) is 0 Å². The van der Waals surface area contributed by atoms with Crippen LogP contribution in [0, 0.1) is 6.92 Å². The number of ketones is 1. The van der Waals surface area contributed by atoms with Crippen molar-refractivity contribution in [3.05, 3.63) is 16.9 Å². The van der Waals surface area contributed by atoms with Crippen LogP contribution in [-0.4, -0.2) is 23.5 Å². The highest BCUT2D eigenvalue weighted by Crippen LogP contribution is 2.28. The zero-order chi connectivity index (χ0) is 11.6. The van der Waals surface area contributed by atoms with E-state index in [2.05, 4.69) is 0 Å². The molecule has 0 fully saturated rings. The molecular formula is C10H12O5. The number of carbonyl (C=O) groups excluding carboxylic acids is 2. The maximum atomic E-state index is 11.5. The average molecular weight is 212 g/mol. The van der Waals surface area contributed by atoms with E-state index in [0.717, 1.165) is 0 Å². The summed E-state index contributed by atoms with van der Waals surface area (Å²) in [6.45, 7) is 4.58. The lowest BCUT2D eigenvalue weighted by molar-refractivity contribution is 0.0521. The van der Waals surface area contributed by atoms with Crippen molar-refractivity contribution in [2.45, 2.75) is 20.8 Å². The number of rotatable bonds is 3. The van der Waals surface area contributed by atoms with Crippen LogP contribution in [0.4, 0.5) is 0 Å². The predicted octanol–water partition coefficient (Wildman–Crippen LogP) is 1.67. The Hall–Kier alpha value is -1.78. The first-order valence-electron chi connectivity index (χ1n) is 4.49. The fourth-order valence-corrected chi connectivity index (χ4v) is 1.31. The third-order valence-corrected chi connectivity index (χ3v) is 1.90. The molecular weight excluding hydrogens is 200 g/mol. The fourth-order valence-electron chi connectivity index (χ4n) is 1.31. The van der Waals surface area contributed by atoms with Crippen molar-refractivity contribution in [2.24, 2.45) is 0 Å². The third kappa shape index (κ3) is 2.01. The molecule has 1 aromatic rings. The second-order valence-electron chi connectivity index (χ2n) is 2.99. The molecule has 0 spiro atoms. The van der Waals surface area contributed by atoms with Crippen molar-refractivity contribution < 1.29 is 23.8 Å². The minimum Gasteiger partial charge on any atom is -0.480 e. The molecule has 15 heavy (non-hydrogen) atoms. The molecule has 1 N–H and O–H groups in total. The van der Waals surface area contributed by atoms with Crippen LogP contribution in [0.15, 0.2) is 4.42 Å². The Morgan fingerprint density at radius 3 is 2.47 bits per heavy atom.